The molecular formula is C19H22N2O3S. The van der Waals surface area contributed by atoms with Crippen LogP contribution < -0.4 is 9.46 Å². The van der Waals surface area contributed by atoms with E-state index in [0.717, 1.165) is 22.0 Å². The molecule has 3 aromatic rings. The zero-order chi connectivity index (χ0) is 18.0. The summed E-state index contributed by atoms with van der Waals surface area (Å²) >= 11 is 0. The van der Waals surface area contributed by atoms with E-state index in [1.54, 1.807) is 26.2 Å². The van der Waals surface area contributed by atoms with Gasteiger partial charge in [0.25, 0.3) is 0 Å². The lowest BCUT2D eigenvalue weighted by molar-refractivity contribution is 0.411. The number of para-hydroxylation sites is 1. The Morgan fingerprint density at radius 1 is 1.12 bits per heavy atom. The molecule has 1 aromatic heterocycles. The number of methoxy groups -OCH3 is 1. The van der Waals surface area contributed by atoms with Crippen molar-refractivity contribution in [3.05, 3.63) is 59.3 Å². The van der Waals surface area contributed by atoms with Crippen LogP contribution in [0.2, 0.25) is 0 Å². The summed E-state index contributed by atoms with van der Waals surface area (Å²) in [7, 11) is -1.98. The van der Waals surface area contributed by atoms with Crippen molar-refractivity contribution in [2.75, 3.05) is 13.7 Å². The summed E-state index contributed by atoms with van der Waals surface area (Å²) in [6.45, 7) is 3.95. The number of hydrogen-bond acceptors (Lipinski definition) is 3. The maximum absolute atomic E-state index is 12.6. The first-order chi connectivity index (χ1) is 11.9. The minimum atomic E-state index is -3.56. The molecule has 25 heavy (non-hydrogen) atoms. The number of aryl methyl sites for hydroxylation is 2. The van der Waals surface area contributed by atoms with Gasteiger partial charge in [-0.3, -0.25) is 0 Å². The lowest BCUT2D eigenvalue weighted by atomic mass is 10.1. The number of benzene rings is 2. The van der Waals surface area contributed by atoms with Crippen molar-refractivity contribution in [2.24, 2.45) is 0 Å². The molecule has 2 N–H and O–H groups in total. The van der Waals surface area contributed by atoms with E-state index in [1.807, 2.05) is 37.4 Å². The molecule has 2 aromatic carbocycles. The van der Waals surface area contributed by atoms with Crippen LogP contribution in [0.15, 0.2) is 47.5 Å². The minimum absolute atomic E-state index is 0.296. The van der Waals surface area contributed by atoms with Crippen LogP contribution in [0, 0.1) is 13.8 Å². The smallest absolute Gasteiger partial charge is 0.240 e. The molecule has 0 aliphatic rings. The molecule has 0 spiro atoms. The molecule has 0 saturated heterocycles. The van der Waals surface area contributed by atoms with Crippen molar-refractivity contribution in [1.82, 2.24) is 9.71 Å². The van der Waals surface area contributed by atoms with Gasteiger partial charge < -0.3 is 9.72 Å². The second-order valence-electron chi connectivity index (χ2n) is 6.09. The molecule has 5 nitrogen and oxygen atoms in total. The number of nitrogens with one attached hydrogen (secondary N) is 2. The van der Waals surface area contributed by atoms with E-state index in [0.29, 0.717) is 29.2 Å². The van der Waals surface area contributed by atoms with Crippen LogP contribution in [0.1, 0.15) is 16.7 Å². The van der Waals surface area contributed by atoms with E-state index in [1.165, 1.54) is 0 Å². The highest BCUT2D eigenvalue weighted by Crippen LogP contribution is 2.25. The molecule has 0 saturated carbocycles. The Morgan fingerprint density at radius 2 is 1.88 bits per heavy atom. The third kappa shape index (κ3) is 3.55. The monoisotopic (exact) mass is 358 g/mol. The van der Waals surface area contributed by atoms with Crippen LogP contribution in [0.3, 0.4) is 0 Å². The Balaban J connectivity index is 1.75. The van der Waals surface area contributed by atoms with Crippen LogP contribution in [0.4, 0.5) is 0 Å². The molecule has 0 atom stereocenters. The highest BCUT2D eigenvalue weighted by Gasteiger charge is 2.18. The van der Waals surface area contributed by atoms with Gasteiger partial charge in [0, 0.05) is 23.6 Å². The van der Waals surface area contributed by atoms with E-state index < -0.39 is 10.0 Å². The van der Waals surface area contributed by atoms with E-state index in [9.17, 15) is 8.42 Å². The van der Waals surface area contributed by atoms with Gasteiger partial charge >= 0.3 is 0 Å². The van der Waals surface area contributed by atoms with Crippen molar-refractivity contribution < 1.29 is 13.2 Å². The van der Waals surface area contributed by atoms with Crippen molar-refractivity contribution in [3.8, 4) is 5.75 Å². The molecule has 0 bridgehead atoms. The number of hydrogen-bond donors (Lipinski definition) is 2. The first-order valence-electron chi connectivity index (χ1n) is 8.12. The first kappa shape index (κ1) is 17.5. The third-order valence-corrected chi connectivity index (χ3v) is 5.95. The summed E-state index contributed by atoms with van der Waals surface area (Å²) < 4.78 is 33.2. The Hall–Kier alpha value is -2.31. The number of fused-ring (bicyclic) bond motifs is 1. The van der Waals surface area contributed by atoms with Crippen LogP contribution in [0.25, 0.3) is 10.9 Å². The van der Waals surface area contributed by atoms with Gasteiger partial charge in [0.15, 0.2) is 0 Å². The van der Waals surface area contributed by atoms with Gasteiger partial charge in [-0.25, -0.2) is 13.1 Å². The van der Waals surface area contributed by atoms with Gasteiger partial charge in [0.05, 0.1) is 12.0 Å². The molecule has 3 rings (SSSR count). The molecule has 0 fully saturated rings. The molecule has 0 unspecified atom stereocenters. The second kappa shape index (κ2) is 6.90. The molecule has 132 valence electrons. The van der Waals surface area contributed by atoms with Crippen LogP contribution >= 0.6 is 0 Å². The topological polar surface area (TPSA) is 71.2 Å². The summed E-state index contributed by atoms with van der Waals surface area (Å²) in [5.74, 6) is 0.690. The predicted molar refractivity (Wildman–Crippen MR) is 99.7 cm³/mol. The summed E-state index contributed by atoms with van der Waals surface area (Å²) in [4.78, 5) is 3.50. The highest BCUT2D eigenvalue weighted by atomic mass is 32.2. The quantitative estimate of drug-likeness (QED) is 0.710. The molecule has 0 amide bonds. The maximum atomic E-state index is 12.6. The SMILES string of the molecule is COc1cc(C)c(S(=O)(=O)NCCc2c[nH]c3ccccc23)cc1C. The molecule has 0 aliphatic carbocycles. The van der Waals surface area contributed by atoms with E-state index >= 15 is 0 Å². The summed E-state index contributed by atoms with van der Waals surface area (Å²) in [5, 5.41) is 1.12. The highest BCUT2D eigenvalue weighted by molar-refractivity contribution is 7.89. The molecule has 0 aliphatic heterocycles. The van der Waals surface area contributed by atoms with Gasteiger partial charge in [-0.05, 0) is 55.2 Å². The van der Waals surface area contributed by atoms with Crippen molar-refractivity contribution in [2.45, 2.75) is 25.2 Å². The van der Waals surface area contributed by atoms with E-state index in [-0.39, 0.29) is 0 Å². The summed E-state index contributed by atoms with van der Waals surface area (Å²) in [6, 6.07) is 11.4. The number of rotatable bonds is 6. The van der Waals surface area contributed by atoms with Crippen LogP contribution in [-0.4, -0.2) is 27.1 Å². The molecule has 0 radical (unpaired) electrons. The third-order valence-electron chi connectivity index (χ3n) is 4.34. The molecule has 6 heteroatoms. The summed E-state index contributed by atoms with van der Waals surface area (Å²) in [6.07, 6.45) is 2.55. The Kier molecular flexibility index (Phi) is 4.83. The number of aromatic nitrogens is 1. The maximum Gasteiger partial charge on any atom is 0.240 e. The number of sulfonamides is 1. The normalized spacial score (nSPS) is 11.8. The second-order valence-corrected chi connectivity index (χ2v) is 7.83. The fraction of sp³-hybridized carbons (Fsp3) is 0.263. The zero-order valence-corrected chi connectivity index (χ0v) is 15.4. The Bertz CT molecular complexity index is 1010. The molecule has 1 heterocycles. The molecular weight excluding hydrogens is 336 g/mol. The van der Waals surface area contributed by atoms with E-state index in [4.69, 9.17) is 4.74 Å². The predicted octanol–water partition coefficient (Wildman–Crippen LogP) is 3.31. The van der Waals surface area contributed by atoms with Crippen LogP contribution in [-0.2, 0) is 16.4 Å². The first-order valence-corrected chi connectivity index (χ1v) is 9.60. The average molecular weight is 358 g/mol. The number of ether oxygens (including phenoxy) is 1. The number of H-pyrrole nitrogens is 1. The van der Waals surface area contributed by atoms with Crippen LogP contribution in [0.5, 0.6) is 5.75 Å². The van der Waals surface area contributed by atoms with Gasteiger partial charge in [-0.15, -0.1) is 0 Å². The van der Waals surface area contributed by atoms with Crippen molar-refractivity contribution in [3.63, 3.8) is 0 Å². The van der Waals surface area contributed by atoms with Gasteiger partial charge in [-0.1, -0.05) is 18.2 Å². The van der Waals surface area contributed by atoms with Crippen molar-refractivity contribution in [1.29, 1.82) is 0 Å². The van der Waals surface area contributed by atoms with E-state index in [2.05, 4.69) is 9.71 Å². The lowest BCUT2D eigenvalue weighted by Gasteiger charge is -2.12. The standard InChI is InChI=1S/C19H22N2O3S/c1-13-11-19(14(2)10-18(13)24-3)25(22,23)21-9-8-15-12-20-17-7-5-4-6-16(15)17/h4-7,10-12,20-21H,8-9H2,1-3H3. The zero-order valence-electron chi connectivity index (χ0n) is 14.6. The van der Waals surface area contributed by atoms with Gasteiger partial charge in [0.1, 0.15) is 5.75 Å². The number of aromatic amines is 1. The fourth-order valence-electron chi connectivity index (χ4n) is 3.01. The van der Waals surface area contributed by atoms with Crippen molar-refractivity contribution >= 4 is 20.9 Å². The van der Waals surface area contributed by atoms with Gasteiger partial charge in [-0.2, -0.15) is 0 Å². The summed E-state index contributed by atoms with van der Waals surface area (Å²) in [5.41, 5.74) is 3.62. The van der Waals surface area contributed by atoms with Gasteiger partial charge in [0.2, 0.25) is 10.0 Å². The average Bonchev–Trinajstić information content (AvgIpc) is 2.99. The fourth-order valence-corrected chi connectivity index (χ4v) is 4.35. The lowest BCUT2D eigenvalue weighted by Crippen LogP contribution is -2.26. The Labute approximate surface area is 148 Å². The Morgan fingerprint density at radius 3 is 2.64 bits per heavy atom. The minimum Gasteiger partial charge on any atom is -0.496 e. The largest absolute Gasteiger partial charge is 0.496 e.